The topological polar surface area (TPSA) is 60.9 Å². The molecule has 4 heteroatoms. The van der Waals surface area contributed by atoms with Gasteiger partial charge in [-0.15, -0.1) is 0 Å². The largest absolute Gasteiger partial charge is 0.506 e. The quantitative estimate of drug-likeness (QED) is 0.634. The number of para-hydroxylation sites is 2. The fourth-order valence-electron chi connectivity index (χ4n) is 1.20. The summed E-state index contributed by atoms with van der Waals surface area (Å²) in [5, 5.41) is 19.3. The molecule has 0 spiro atoms. The summed E-state index contributed by atoms with van der Waals surface area (Å²) in [6.07, 6.45) is 1.68. The Kier molecular flexibility index (Phi) is 2.10. The Balaban J connectivity index is 2.28. The number of H-pyrrole nitrogens is 1. The van der Waals surface area contributed by atoms with Crippen LogP contribution in [0.2, 0.25) is 0 Å². The molecule has 0 aliphatic carbocycles. The average molecular weight is 189 g/mol. The normalized spacial score (nSPS) is 10.1. The molecule has 0 saturated heterocycles. The second kappa shape index (κ2) is 3.41. The minimum absolute atomic E-state index is 0.230. The van der Waals surface area contributed by atoms with E-state index in [0.717, 1.165) is 11.4 Å². The van der Waals surface area contributed by atoms with Crippen molar-refractivity contribution in [2.24, 2.45) is 0 Å². The van der Waals surface area contributed by atoms with Crippen molar-refractivity contribution >= 4 is 11.4 Å². The fraction of sp³-hybridized carbons (Fsp3) is 0.100. The molecule has 2 aromatic rings. The van der Waals surface area contributed by atoms with Crippen LogP contribution in [-0.2, 0) is 0 Å². The molecular weight excluding hydrogens is 178 g/mol. The van der Waals surface area contributed by atoms with Gasteiger partial charge in [-0.3, -0.25) is 5.10 Å². The molecule has 14 heavy (non-hydrogen) atoms. The van der Waals surface area contributed by atoms with E-state index in [-0.39, 0.29) is 5.75 Å². The third-order valence-corrected chi connectivity index (χ3v) is 2.00. The van der Waals surface area contributed by atoms with Crippen LogP contribution in [0.3, 0.4) is 0 Å². The lowest BCUT2D eigenvalue weighted by Gasteiger charge is -2.06. The number of nitrogens with one attached hydrogen (secondary N) is 2. The molecule has 0 aliphatic heterocycles. The molecule has 0 unspecified atom stereocenters. The zero-order chi connectivity index (χ0) is 9.97. The number of hydrogen-bond donors (Lipinski definition) is 3. The Labute approximate surface area is 81.6 Å². The molecule has 0 saturated carbocycles. The first-order valence-electron chi connectivity index (χ1n) is 4.32. The maximum Gasteiger partial charge on any atom is 0.139 e. The highest BCUT2D eigenvalue weighted by Gasteiger charge is 2.03. The standard InChI is InChI=1S/C10H11N3O/c1-7-9(6-11-13-7)12-8-4-2-3-5-10(8)14/h2-6,12,14H,1H3,(H,11,13). The lowest BCUT2D eigenvalue weighted by Crippen LogP contribution is -1.90. The number of benzene rings is 1. The van der Waals surface area contributed by atoms with Gasteiger partial charge < -0.3 is 10.4 Å². The lowest BCUT2D eigenvalue weighted by molar-refractivity contribution is 0.478. The highest BCUT2D eigenvalue weighted by molar-refractivity contribution is 5.66. The Bertz CT molecular complexity index is 436. The van der Waals surface area contributed by atoms with E-state index >= 15 is 0 Å². The van der Waals surface area contributed by atoms with Crippen LogP contribution in [0.4, 0.5) is 11.4 Å². The number of aryl methyl sites for hydroxylation is 1. The number of aromatic nitrogens is 2. The summed E-state index contributed by atoms with van der Waals surface area (Å²) in [7, 11) is 0. The summed E-state index contributed by atoms with van der Waals surface area (Å²) in [6.45, 7) is 1.91. The number of anilines is 2. The van der Waals surface area contributed by atoms with Crippen molar-refractivity contribution in [3.63, 3.8) is 0 Å². The van der Waals surface area contributed by atoms with Gasteiger partial charge in [0.15, 0.2) is 0 Å². The highest BCUT2D eigenvalue weighted by Crippen LogP contribution is 2.26. The molecule has 0 bridgehead atoms. The highest BCUT2D eigenvalue weighted by atomic mass is 16.3. The summed E-state index contributed by atoms with van der Waals surface area (Å²) >= 11 is 0. The van der Waals surface area contributed by atoms with E-state index in [1.807, 2.05) is 19.1 Å². The number of nitrogens with zero attached hydrogens (tertiary/aromatic N) is 1. The number of phenols is 1. The van der Waals surface area contributed by atoms with Crippen molar-refractivity contribution in [2.45, 2.75) is 6.92 Å². The molecule has 0 fully saturated rings. The van der Waals surface area contributed by atoms with Crippen LogP contribution >= 0.6 is 0 Å². The third kappa shape index (κ3) is 1.54. The van der Waals surface area contributed by atoms with Gasteiger partial charge in [0.25, 0.3) is 0 Å². The van der Waals surface area contributed by atoms with E-state index in [2.05, 4.69) is 15.5 Å². The smallest absolute Gasteiger partial charge is 0.139 e. The van der Waals surface area contributed by atoms with Crippen molar-refractivity contribution in [2.75, 3.05) is 5.32 Å². The van der Waals surface area contributed by atoms with Crippen molar-refractivity contribution in [3.8, 4) is 5.75 Å². The Morgan fingerprint density at radius 1 is 1.29 bits per heavy atom. The van der Waals surface area contributed by atoms with Gasteiger partial charge >= 0.3 is 0 Å². The van der Waals surface area contributed by atoms with Crippen LogP contribution in [0.25, 0.3) is 0 Å². The molecule has 72 valence electrons. The number of aromatic amines is 1. The minimum atomic E-state index is 0.230. The van der Waals surface area contributed by atoms with Crippen LogP contribution < -0.4 is 5.32 Å². The monoisotopic (exact) mass is 189 g/mol. The van der Waals surface area contributed by atoms with Gasteiger partial charge in [0.1, 0.15) is 5.75 Å². The molecular formula is C10H11N3O. The molecule has 0 aliphatic rings. The summed E-state index contributed by atoms with van der Waals surface area (Å²) in [6, 6.07) is 7.08. The fourth-order valence-corrected chi connectivity index (χ4v) is 1.20. The van der Waals surface area contributed by atoms with Crippen LogP contribution in [-0.4, -0.2) is 15.3 Å². The van der Waals surface area contributed by atoms with Gasteiger partial charge in [-0.05, 0) is 19.1 Å². The minimum Gasteiger partial charge on any atom is -0.506 e. The van der Waals surface area contributed by atoms with Crippen molar-refractivity contribution < 1.29 is 5.11 Å². The Hall–Kier alpha value is -1.97. The van der Waals surface area contributed by atoms with Crippen LogP contribution in [0.1, 0.15) is 5.69 Å². The van der Waals surface area contributed by atoms with E-state index in [9.17, 15) is 5.11 Å². The number of rotatable bonds is 2. The summed E-state index contributed by atoms with van der Waals surface area (Å²) in [4.78, 5) is 0. The molecule has 0 radical (unpaired) electrons. The number of aromatic hydroxyl groups is 1. The Morgan fingerprint density at radius 2 is 2.07 bits per heavy atom. The number of phenolic OH excluding ortho intramolecular Hbond substituents is 1. The van der Waals surface area contributed by atoms with Crippen molar-refractivity contribution in [1.82, 2.24) is 10.2 Å². The van der Waals surface area contributed by atoms with E-state index in [4.69, 9.17) is 0 Å². The summed E-state index contributed by atoms with van der Waals surface area (Å²) < 4.78 is 0. The zero-order valence-electron chi connectivity index (χ0n) is 7.78. The van der Waals surface area contributed by atoms with Gasteiger partial charge in [-0.25, -0.2) is 0 Å². The molecule has 0 amide bonds. The summed E-state index contributed by atoms with van der Waals surface area (Å²) in [5.41, 5.74) is 2.48. The first-order chi connectivity index (χ1) is 6.77. The van der Waals surface area contributed by atoms with E-state index in [1.165, 1.54) is 0 Å². The van der Waals surface area contributed by atoms with Crippen molar-refractivity contribution in [1.29, 1.82) is 0 Å². The molecule has 1 aromatic heterocycles. The van der Waals surface area contributed by atoms with Gasteiger partial charge in [0.2, 0.25) is 0 Å². The van der Waals surface area contributed by atoms with Gasteiger partial charge in [-0.1, -0.05) is 12.1 Å². The van der Waals surface area contributed by atoms with E-state index in [0.29, 0.717) is 5.69 Å². The van der Waals surface area contributed by atoms with Gasteiger partial charge in [0, 0.05) is 0 Å². The maximum atomic E-state index is 9.51. The van der Waals surface area contributed by atoms with E-state index < -0.39 is 0 Å². The second-order valence-electron chi connectivity index (χ2n) is 3.05. The third-order valence-electron chi connectivity index (χ3n) is 2.00. The average Bonchev–Trinajstić information content (AvgIpc) is 2.56. The first kappa shape index (κ1) is 8.62. The molecule has 3 N–H and O–H groups in total. The SMILES string of the molecule is Cc1[nH]ncc1Nc1ccccc1O. The number of hydrogen-bond acceptors (Lipinski definition) is 3. The lowest BCUT2D eigenvalue weighted by atomic mass is 10.3. The van der Waals surface area contributed by atoms with Crippen molar-refractivity contribution in [3.05, 3.63) is 36.2 Å². The molecule has 1 heterocycles. The van der Waals surface area contributed by atoms with Crippen LogP contribution in [0.15, 0.2) is 30.5 Å². The maximum absolute atomic E-state index is 9.51. The summed E-state index contributed by atoms with van der Waals surface area (Å²) in [5.74, 6) is 0.230. The molecule has 4 nitrogen and oxygen atoms in total. The van der Waals surface area contributed by atoms with Crippen LogP contribution in [0, 0.1) is 6.92 Å². The Morgan fingerprint density at radius 3 is 2.71 bits per heavy atom. The zero-order valence-corrected chi connectivity index (χ0v) is 7.78. The van der Waals surface area contributed by atoms with Gasteiger partial charge in [-0.2, -0.15) is 5.10 Å². The molecule has 1 aromatic carbocycles. The predicted molar refractivity (Wildman–Crippen MR) is 54.7 cm³/mol. The molecule has 0 atom stereocenters. The van der Waals surface area contributed by atoms with Crippen LogP contribution in [0.5, 0.6) is 5.75 Å². The molecule has 2 rings (SSSR count). The second-order valence-corrected chi connectivity index (χ2v) is 3.05. The van der Waals surface area contributed by atoms with Gasteiger partial charge in [0.05, 0.1) is 23.3 Å². The first-order valence-corrected chi connectivity index (χ1v) is 4.32. The van der Waals surface area contributed by atoms with E-state index in [1.54, 1.807) is 18.3 Å². The predicted octanol–water partition coefficient (Wildman–Crippen LogP) is 2.17.